The van der Waals surface area contributed by atoms with Crippen molar-refractivity contribution in [1.29, 1.82) is 0 Å². The van der Waals surface area contributed by atoms with Gasteiger partial charge in [0.1, 0.15) is 0 Å². The van der Waals surface area contributed by atoms with Crippen LogP contribution in [-0.4, -0.2) is 17.0 Å². The third-order valence-electron chi connectivity index (χ3n) is 5.68. The number of hydrogen-bond donors (Lipinski definition) is 1. The fourth-order valence-corrected chi connectivity index (χ4v) is 4.21. The smallest absolute Gasteiger partial charge is 0.341 e. The van der Waals surface area contributed by atoms with Crippen LogP contribution in [0, 0.1) is 6.92 Å². The highest BCUT2D eigenvalue weighted by atomic mass is 17.1. The van der Waals surface area contributed by atoms with Gasteiger partial charge in [0.2, 0.25) is 0 Å². The van der Waals surface area contributed by atoms with Crippen molar-refractivity contribution in [3.8, 4) is 0 Å². The summed E-state index contributed by atoms with van der Waals surface area (Å²) >= 11 is 0. The molecule has 0 amide bonds. The maximum absolute atomic E-state index is 13.4. The average molecular weight is 410 g/mol. The Morgan fingerprint density at radius 3 is 2.39 bits per heavy atom. The molecule has 1 aliphatic carbocycles. The molecule has 0 saturated carbocycles. The SMILES string of the molecule is Cc1ccc2c(c1)C(=O)c1ccccc1C2(OO)OC(=O)c1cccc2ccccc12. The lowest BCUT2D eigenvalue weighted by molar-refractivity contribution is -0.380. The van der Waals surface area contributed by atoms with Gasteiger partial charge in [-0.2, -0.15) is 4.89 Å². The maximum Gasteiger partial charge on any atom is 0.341 e. The van der Waals surface area contributed by atoms with E-state index in [2.05, 4.69) is 0 Å². The molecule has 5 rings (SSSR count). The molecular formula is C26H18O5. The lowest BCUT2D eigenvalue weighted by atomic mass is 9.80. The molecule has 152 valence electrons. The minimum atomic E-state index is -1.97. The van der Waals surface area contributed by atoms with Crippen LogP contribution < -0.4 is 0 Å². The van der Waals surface area contributed by atoms with Crippen molar-refractivity contribution in [1.82, 2.24) is 0 Å². The molecule has 31 heavy (non-hydrogen) atoms. The minimum Gasteiger partial charge on any atom is -0.418 e. The van der Waals surface area contributed by atoms with E-state index >= 15 is 0 Å². The number of hydrogen-bond acceptors (Lipinski definition) is 5. The molecular weight excluding hydrogens is 392 g/mol. The fourth-order valence-electron chi connectivity index (χ4n) is 4.21. The number of ether oxygens (including phenoxy) is 1. The number of rotatable bonds is 3. The van der Waals surface area contributed by atoms with Crippen molar-refractivity contribution in [2.24, 2.45) is 0 Å². The van der Waals surface area contributed by atoms with Crippen LogP contribution in [0.25, 0.3) is 10.8 Å². The van der Waals surface area contributed by atoms with E-state index in [0.29, 0.717) is 22.1 Å². The molecule has 1 atom stereocenters. The van der Waals surface area contributed by atoms with Gasteiger partial charge in [0.05, 0.1) is 5.56 Å². The quantitative estimate of drug-likeness (QED) is 0.216. The summed E-state index contributed by atoms with van der Waals surface area (Å²) in [5.41, 5.74) is 2.36. The largest absolute Gasteiger partial charge is 0.418 e. The molecule has 0 radical (unpaired) electrons. The standard InChI is InChI=1S/C26H18O5/c1-16-13-14-23-21(15-16)24(27)20-10-4-5-12-22(20)26(23,31-29)30-25(28)19-11-6-8-17-7-2-3-9-18(17)19/h2-15,29H,1H3. The van der Waals surface area contributed by atoms with Crippen molar-refractivity contribution in [3.63, 3.8) is 0 Å². The lowest BCUT2D eigenvalue weighted by Gasteiger charge is -2.36. The monoisotopic (exact) mass is 410 g/mol. The molecule has 1 aliphatic rings. The summed E-state index contributed by atoms with van der Waals surface area (Å²) in [6, 6.07) is 24.6. The van der Waals surface area contributed by atoms with Crippen LogP contribution in [0.4, 0.5) is 0 Å². The van der Waals surface area contributed by atoms with Crippen LogP contribution in [0.1, 0.15) is 43.0 Å². The molecule has 0 heterocycles. The highest BCUT2D eigenvalue weighted by Crippen LogP contribution is 2.44. The summed E-state index contributed by atoms with van der Waals surface area (Å²) in [5, 5.41) is 11.7. The number of fused-ring (bicyclic) bond motifs is 3. The normalized spacial score (nSPS) is 17.2. The Labute approximate surface area is 178 Å². The molecule has 0 aromatic heterocycles. The van der Waals surface area contributed by atoms with Gasteiger partial charge in [-0.25, -0.2) is 10.1 Å². The Kier molecular flexibility index (Phi) is 4.43. The van der Waals surface area contributed by atoms with Gasteiger partial charge in [0.25, 0.3) is 5.79 Å². The van der Waals surface area contributed by atoms with Gasteiger partial charge in [-0.1, -0.05) is 78.4 Å². The summed E-state index contributed by atoms with van der Waals surface area (Å²) in [7, 11) is 0. The molecule has 4 aromatic carbocycles. The van der Waals surface area contributed by atoms with Crippen LogP contribution in [0.15, 0.2) is 84.9 Å². The predicted octanol–water partition coefficient (Wildman–Crippen LogP) is 5.24. The number of esters is 1. The summed E-state index contributed by atoms with van der Waals surface area (Å²) in [5.74, 6) is -2.87. The second-order valence-corrected chi connectivity index (χ2v) is 7.55. The summed E-state index contributed by atoms with van der Waals surface area (Å²) in [4.78, 5) is 31.4. The topological polar surface area (TPSA) is 72.8 Å². The van der Waals surface area contributed by atoms with Crippen LogP contribution >= 0.6 is 0 Å². The second-order valence-electron chi connectivity index (χ2n) is 7.55. The number of benzene rings is 4. The minimum absolute atomic E-state index is 0.219. The number of aryl methyl sites for hydroxylation is 1. The molecule has 5 nitrogen and oxygen atoms in total. The van der Waals surface area contributed by atoms with Crippen LogP contribution in [0.3, 0.4) is 0 Å². The van der Waals surface area contributed by atoms with Crippen LogP contribution in [0.2, 0.25) is 0 Å². The molecule has 0 bridgehead atoms. The number of carbonyl (C=O) groups is 2. The summed E-state index contributed by atoms with van der Waals surface area (Å²) in [6.07, 6.45) is 0. The molecule has 4 aromatic rings. The molecule has 0 saturated heterocycles. The lowest BCUT2D eigenvalue weighted by Crippen LogP contribution is -2.41. The van der Waals surface area contributed by atoms with E-state index in [1.165, 1.54) is 0 Å². The van der Waals surface area contributed by atoms with Gasteiger partial charge in [-0.15, -0.1) is 0 Å². The zero-order valence-electron chi connectivity index (χ0n) is 16.7. The zero-order chi connectivity index (χ0) is 21.6. The summed E-state index contributed by atoms with van der Waals surface area (Å²) < 4.78 is 5.90. The zero-order valence-corrected chi connectivity index (χ0v) is 16.7. The van der Waals surface area contributed by atoms with Crippen LogP contribution in [-0.2, 0) is 15.4 Å². The van der Waals surface area contributed by atoms with Crippen molar-refractivity contribution in [2.75, 3.05) is 0 Å². The van der Waals surface area contributed by atoms with Crippen molar-refractivity contribution in [3.05, 3.63) is 118 Å². The molecule has 0 aliphatic heterocycles. The first-order valence-corrected chi connectivity index (χ1v) is 9.84. The van der Waals surface area contributed by atoms with Gasteiger partial charge >= 0.3 is 5.97 Å². The van der Waals surface area contributed by atoms with E-state index < -0.39 is 11.8 Å². The molecule has 5 heteroatoms. The third kappa shape index (κ3) is 2.86. The fraction of sp³-hybridized carbons (Fsp3) is 0.0769. The Bertz CT molecular complexity index is 1350. The first-order valence-electron chi connectivity index (χ1n) is 9.84. The Morgan fingerprint density at radius 2 is 1.55 bits per heavy atom. The maximum atomic E-state index is 13.4. The van der Waals surface area contributed by atoms with Gasteiger partial charge < -0.3 is 4.74 Å². The van der Waals surface area contributed by atoms with Crippen molar-refractivity contribution in [2.45, 2.75) is 12.7 Å². The van der Waals surface area contributed by atoms with E-state index in [9.17, 15) is 14.8 Å². The molecule has 0 spiro atoms. The van der Waals surface area contributed by atoms with Gasteiger partial charge in [0, 0.05) is 22.3 Å². The van der Waals surface area contributed by atoms with Crippen molar-refractivity contribution < 1.29 is 24.5 Å². The van der Waals surface area contributed by atoms with Gasteiger partial charge in [0.15, 0.2) is 5.78 Å². The van der Waals surface area contributed by atoms with E-state index in [1.54, 1.807) is 54.6 Å². The number of carbonyl (C=O) groups excluding carboxylic acids is 2. The highest BCUT2D eigenvalue weighted by Gasteiger charge is 2.49. The van der Waals surface area contributed by atoms with E-state index in [0.717, 1.165) is 10.9 Å². The molecule has 1 unspecified atom stereocenters. The number of ketones is 1. The van der Waals surface area contributed by atoms with E-state index in [-0.39, 0.29) is 16.9 Å². The second kappa shape index (κ2) is 7.16. The third-order valence-corrected chi connectivity index (χ3v) is 5.68. The highest BCUT2D eigenvalue weighted by molar-refractivity contribution is 6.13. The Hall–Kier alpha value is -3.80. The average Bonchev–Trinajstić information content (AvgIpc) is 2.81. The predicted molar refractivity (Wildman–Crippen MR) is 115 cm³/mol. The summed E-state index contributed by atoms with van der Waals surface area (Å²) in [6.45, 7) is 1.86. The Morgan fingerprint density at radius 1 is 0.839 bits per heavy atom. The Balaban J connectivity index is 1.71. The first kappa shape index (κ1) is 19.2. The first-order chi connectivity index (χ1) is 15.0. The van der Waals surface area contributed by atoms with Gasteiger partial charge in [-0.3, -0.25) is 4.79 Å². The van der Waals surface area contributed by atoms with Crippen molar-refractivity contribution >= 4 is 22.5 Å². The van der Waals surface area contributed by atoms with Crippen LogP contribution in [0.5, 0.6) is 0 Å². The van der Waals surface area contributed by atoms with E-state index in [4.69, 9.17) is 9.62 Å². The van der Waals surface area contributed by atoms with E-state index in [1.807, 2.05) is 37.3 Å². The molecule has 1 N–H and O–H groups in total. The molecule has 0 fully saturated rings. The van der Waals surface area contributed by atoms with Gasteiger partial charge in [-0.05, 0) is 29.8 Å².